The van der Waals surface area contributed by atoms with Crippen LogP contribution in [0.25, 0.3) is 0 Å². The lowest BCUT2D eigenvalue weighted by molar-refractivity contribution is 0.0531. The Morgan fingerprint density at radius 1 is 1.40 bits per heavy atom. The average molecular weight is 546 g/mol. The van der Waals surface area contributed by atoms with Gasteiger partial charge in [-0.2, -0.15) is 0 Å². The highest BCUT2D eigenvalue weighted by atomic mass is 127. The van der Waals surface area contributed by atoms with Gasteiger partial charge >= 0.3 is 5.97 Å². The molecule has 1 aromatic carbocycles. The Kier molecular flexibility index (Phi) is 9.02. The van der Waals surface area contributed by atoms with Gasteiger partial charge in [-0.3, -0.25) is 4.99 Å². The first kappa shape index (κ1) is 24.5. The molecule has 3 unspecified atom stereocenters. The molecule has 9 heteroatoms. The van der Waals surface area contributed by atoms with Crippen molar-refractivity contribution in [3.05, 3.63) is 51.2 Å². The van der Waals surface area contributed by atoms with Crippen LogP contribution in [0.15, 0.2) is 29.3 Å². The quantitative estimate of drug-likeness (QED) is 0.231. The monoisotopic (exact) mass is 546 g/mol. The first-order valence-electron chi connectivity index (χ1n) is 9.90. The first-order chi connectivity index (χ1) is 13.9. The lowest BCUT2D eigenvalue weighted by Crippen LogP contribution is -2.40. The smallest absolute Gasteiger partial charge is 0.350 e. The van der Waals surface area contributed by atoms with Crippen molar-refractivity contribution in [2.75, 3.05) is 13.2 Å². The maximum absolute atomic E-state index is 14.0. The Bertz CT molecular complexity index is 905. The Morgan fingerprint density at radius 2 is 2.13 bits per heavy atom. The number of aromatic nitrogens is 1. The van der Waals surface area contributed by atoms with Gasteiger partial charge in [0.1, 0.15) is 15.7 Å². The number of carbonyl (C=O) groups excluding carboxylic acids is 1. The molecule has 1 saturated carbocycles. The van der Waals surface area contributed by atoms with Gasteiger partial charge < -0.3 is 15.4 Å². The van der Waals surface area contributed by atoms with Gasteiger partial charge in [0.25, 0.3) is 0 Å². The van der Waals surface area contributed by atoms with Crippen LogP contribution < -0.4 is 10.6 Å². The van der Waals surface area contributed by atoms with E-state index in [1.54, 1.807) is 13.0 Å². The van der Waals surface area contributed by atoms with Gasteiger partial charge in [0.2, 0.25) is 0 Å². The van der Waals surface area contributed by atoms with Crippen LogP contribution in [0.1, 0.15) is 65.1 Å². The molecule has 3 atom stereocenters. The van der Waals surface area contributed by atoms with Crippen LogP contribution in [0, 0.1) is 12.7 Å². The largest absolute Gasteiger partial charge is 0.462 e. The highest BCUT2D eigenvalue weighted by Gasteiger charge is 2.40. The minimum atomic E-state index is -0.341. The van der Waals surface area contributed by atoms with E-state index in [9.17, 15) is 9.18 Å². The van der Waals surface area contributed by atoms with E-state index >= 15 is 0 Å². The summed E-state index contributed by atoms with van der Waals surface area (Å²) in [6.07, 6.45) is 0.864. The van der Waals surface area contributed by atoms with Crippen LogP contribution in [-0.2, 0) is 4.74 Å². The molecule has 0 amide bonds. The lowest BCUT2D eigenvalue weighted by atomic mass is 10.1. The molecule has 3 rings (SSSR count). The van der Waals surface area contributed by atoms with Crippen molar-refractivity contribution in [1.29, 1.82) is 0 Å². The number of aryl methyl sites for hydroxylation is 1. The van der Waals surface area contributed by atoms with Crippen molar-refractivity contribution in [3.63, 3.8) is 0 Å². The minimum Gasteiger partial charge on any atom is -0.462 e. The molecule has 1 aliphatic rings. The van der Waals surface area contributed by atoms with Gasteiger partial charge in [0.05, 0.1) is 18.3 Å². The van der Waals surface area contributed by atoms with E-state index in [0.717, 1.165) is 17.0 Å². The van der Waals surface area contributed by atoms with E-state index in [2.05, 4.69) is 20.6 Å². The maximum atomic E-state index is 14.0. The molecule has 164 valence electrons. The number of thiazole rings is 1. The third kappa shape index (κ3) is 5.90. The van der Waals surface area contributed by atoms with E-state index in [4.69, 9.17) is 4.74 Å². The second-order valence-corrected chi connectivity index (χ2v) is 8.02. The molecule has 30 heavy (non-hydrogen) atoms. The van der Waals surface area contributed by atoms with Crippen LogP contribution in [0.3, 0.4) is 0 Å². The molecule has 0 aliphatic heterocycles. The normalized spacial score (nSPS) is 18.9. The number of guanidine groups is 1. The van der Waals surface area contributed by atoms with Crippen LogP contribution in [0.5, 0.6) is 0 Å². The zero-order chi connectivity index (χ0) is 21.0. The summed E-state index contributed by atoms with van der Waals surface area (Å²) in [6.45, 7) is 8.47. The van der Waals surface area contributed by atoms with E-state index in [1.807, 2.05) is 32.9 Å². The number of halogens is 2. The number of hydrogen-bond acceptors (Lipinski definition) is 5. The Morgan fingerprint density at radius 3 is 2.80 bits per heavy atom. The number of benzene rings is 1. The Balaban J connectivity index is 0.00000320. The summed E-state index contributed by atoms with van der Waals surface area (Å²) in [4.78, 5) is 21.6. The summed E-state index contributed by atoms with van der Waals surface area (Å²) in [5.74, 6) is 0.302. The van der Waals surface area contributed by atoms with Crippen molar-refractivity contribution in [3.8, 4) is 0 Å². The van der Waals surface area contributed by atoms with Crippen molar-refractivity contribution < 1.29 is 13.9 Å². The highest BCUT2D eigenvalue weighted by molar-refractivity contribution is 14.0. The Hall–Kier alpha value is -1.75. The SMILES string of the molecule is CCN=C(NC(C)c1nc(C)c(C(=O)OCC)s1)NC1CC1c1ccccc1F.I. The molecule has 6 nitrogen and oxygen atoms in total. The number of aliphatic imine (C=N–C) groups is 1. The summed E-state index contributed by atoms with van der Waals surface area (Å²) in [7, 11) is 0. The summed E-state index contributed by atoms with van der Waals surface area (Å²) >= 11 is 1.33. The number of carbonyl (C=O) groups is 1. The summed E-state index contributed by atoms with van der Waals surface area (Å²) in [6, 6.07) is 6.91. The van der Waals surface area contributed by atoms with Crippen molar-refractivity contribution in [2.24, 2.45) is 4.99 Å². The third-order valence-electron chi connectivity index (χ3n) is 4.73. The molecule has 1 fully saturated rings. The lowest BCUT2D eigenvalue weighted by Gasteiger charge is -2.17. The summed E-state index contributed by atoms with van der Waals surface area (Å²) in [5.41, 5.74) is 1.41. The number of rotatable bonds is 7. The van der Waals surface area contributed by atoms with Gasteiger partial charge in [-0.25, -0.2) is 14.2 Å². The van der Waals surface area contributed by atoms with E-state index in [-0.39, 0.29) is 53.8 Å². The number of hydrogen-bond donors (Lipinski definition) is 2. The third-order valence-corrected chi connectivity index (χ3v) is 6.05. The standard InChI is InChI=1S/C21H27FN4O2S.HI/c1-5-23-21(26-17-11-15(17)14-9-7-8-10-16(14)22)25-13(4)19-24-12(3)18(29-19)20(27)28-6-2;/h7-10,13,15,17H,5-6,11H2,1-4H3,(H2,23,25,26);1H. The first-order valence-corrected chi connectivity index (χ1v) is 10.7. The van der Waals surface area contributed by atoms with Crippen molar-refractivity contribution >= 4 is 47.2 Å². The van der Waals surface area contributed by atoms with E-state index in [0.29, 0.717) is 29.7 Å². The Labute approximate surface area is 197 Å². The fourth-order valence-corrected chi connectivity index (χ4v) is 4.16. The number of ether oxygens (including phenoxy) is 1. The molecule has 2 aromatic rings. The molecule has 1 aromatic heterocycles. The molecule has 0 radical (unpaired) electrons. The van der Waals surface area contributed by atoms with Crippen molar-refractivity contribution in [1.82, 2.24) is 15.6 Å². The second-order valence-electron chi connectivity index (χ2n) is 6.99. The predicted molar refractivity (Wildman–Crippen MR) is 128 cm³/mol. The number of esters is 1. The summed E-state index contributed by atoms with van der Waals surface area (Å²) < 4.78 is 19.1. The topological polar surface area (TPSA) is 75.6 Å². The molecule has 0 bridgehead atoms. The fourth-order valence-electron chi connectivity index (χ4n) is 3.20. The summed E-state index contributed by atoms with van der Waals surface area (Å²) in [5, 5.41) is 7.52. The molecule has 1 heterocycles. The molecule has 0 saturated heterocycles. The highest BCUT2D eigenvalue weighted by Crippen LogP contribution is 2.41. The predicted octanol–water partition coefficient (Wildman–Crippen LogP) is 4.56. The number of nitrogens with zero attached hydrogens (tertiary/aromatic N) is 2. The van der Waals surface area contributed by atoms with Crippen molar-refractivity contribution in [2.45, 2.75) is 52.1 Å². The van der Waals surface area contributed by atoms with Crippen LogP contribution in [-0.4, -0.2) is 36.1 Å². The average Bonchev–Trinajstić information content (AvgIpc) is 3.32. The fraction of sp³-hybridized carbons (Fsp3) is 0.476. The van der Waals surface area contributed by atoms with Gasteiger partial charge in [-0.1, -0.05) is 18.2 Å². The number of nitrogens with one attached hydrogen (secondary N) is 2. The zero-order valence-electron chi connectivity index (χ0n) is 17.6. The van der Waals surface area contributed by atoms with Gasteiger partial charge in [0.15, 0.2) is 5.96 Å². The molecule has 0 spiro atoms. The van der Waals surface area contributed by atoms with Crippen LogP contribution in [0.4, 0.5) is 4.39 Å². The molecular formula is C21H28FIN4O2S. The zero-order valence-corrected chi connectivity index (χ0v) is 20.7. The van der Waals surface area contributed by atoms with Gasteiger partial charge in [0, 0.05) is 18.5 Å². The van der Waals surface area contributed by atoms with Gasteiger partial charge in [-0.15, -0.1) is 35.3 Å². The maximum Gasteiger partial charge on any atom is 0.350 e. The van der Waals surface area contributed by atoms with E-state index < -0.39 is 0 Å². The van der Waals surface area contributed by atoms with Crippen LogP contribution in [0.2, 0.25) is 0 Å². The van der Waals surface area contributed by atoms with E-state index in [1.165, 1.54) is 17.4 Å². The second kappa shape index (κ2) is 11.0. The minimum absolute atomic E-state index is 0. The van der Waals surface area contributed by atoms with Gasteiger partial charge in [-0.05, 0) is 45.7 Å². The molecule has 2 N–H and O–H groups in total. The molecule has 1 aliphatic carbocycles. The molecular weight excluding hydrogens is 518 g/mol. The van der Waals surface area contributed by atoms with Crippen LogP contribution >= 0.6 is 35.3 Å².